The Bertz CT molecular complexity index is 517. The fraction of sp³-hybridized carbons (Fsp3) is 0.417. The van der Waals surface area contributed by atoms with Gasteiger partial charge < -0.3 is 15.8 Å². The first-order valence-corrected chi connectivity index (χ1v) is 5.83. The van der Waals surface area contributed by atoms with Crippen LogP contribution in [-0.2, 0) is 0 Å². The first-order chi connectivity index (χ1) is 9.58. The third-order valence-electron chi connectivity index (χ3n) is 2.43. The molecular weight excluding hydrogens is 299 g/mol. The summed E-state index contributed by atoms with van der Waals surface area (Å²) in [5.74, 6) is -5.79. The van der Waals surface area contributed by atoms with Crippen molar-refractivity contribution >= 4 is 11.6 Å². The third-order valence-corrected chi connectivity index (χ3v) is 2.43. The Morgan fingerprint density at radius 2 is 1.90 bits per heavy atom. The lowest BCUT2D eigenvalue weighted by Gasteiger charge is -2.20. The fourth-order valence-electron chi connectivity index (χ4n) is 1.33. The van der Waals surface area contributed by atoms with E-state index in [9.17, 15) is 26.7 Å². The molecule has 118 valence electrons. The predicted molar refractivity (Wildman–Crippen MR) is 65.4 cm³/mol. The van der Waals surface area contributed by atoms with Crippen molar-refractivity contribution < 1.29 is 31.5 Å². The maximum Gasteiger partial charge on any atom is 0.456 e. The summed E-state index contributed by atoms with van der Waals surface area (Å²) in [6.45, 7) is 0.175. The number of hydrogen-bond donors (Lipinski definition) is 2. The highest BCUT2D eigenvalue weighted by Crippen LogP contribution is 2.36. The molecule has 0 atom stereocenters. The number of hydrogen-bond acceptors (Lipinski definition) is 3. The number of nitrogens with two attached hydrogens (primary N) is 1. The van der Waals surface area contributed by atoms with E-state index in [1.54, 1.807) is 6.92 Å². The van der Waals surface area contributed by atoms with E-state index in [1.807, 2.05) is 0 Å². The number of carbonyl (C=O) groups excluding carboxylic acids is 1. The van der Waals surface area contributed by atoms with Gasteiger partial charge in [-0.25, -0.2) is 0 Å². The van der Waals surface area contributed by atoms with Gasteiger partial charge in [0.15, 0.2) is 6.61 Å². The lowest BCUT2D eigenvalue weighted by Crippen LogP contribution is -2.41. The zero-order valence-corrected chi connectivity index (χ0v) is 10.9. The first-order valence-electron chi connectivity index (χ1n) is 5.83. The molecule has 0 heterocycles. The topological polar surface area (TPSA) is 64.3 Å². The summed E-state index contributed by atoms with van der Waals surface area (Å²) in [5.41, 5.74) is 5.39. The highest BCUT2D eigenvalue weighted by Gasteiger charge is 2.58. The van der Waals surface area contributed by atoms with E-state index in [0.717, 1.165) is 12.1 Å². The maximum atomic E-state index is 12.7. The van der Waals surface area contributed by atoms with Gasteiger partial charge in [-0.2, -0.15) is 22.0 Å². The molecule has 0 aliphatic heterocycles. The van der Waals surface area contributed by atoms with E-state index < -0.39 is 24.6 Å². The molecule has 0 aliphatic rings. The van der Waals surface area contributed by atoms with Crippen LogP contribution >= 0.6 is 0 Å². The largest absolute Gasteiger partial charge is 0.485 e. The molecule has 0 bridgehead atoms. The minimum absolute atomic E-state index is 0.143. The van der Waals surface area contributed by atoms with Gasteiger partial charge in [0.05, 0.1) is 5.69 Å². The first kappa shape index (κ1) is 17.0. The predicted octanol–water partition coefficient (Wildman–Crippen LogP) is 2.59. The number of nitrogen functional groups attached to an aromatic ring is 1. The van der Waals surface area contributed by atoms with Gasteiger partial charge in [-0.15, -0.1) is 0 Å². The fourth-order valence-corrected chi connectivity index (χ4v) is 1.33. The Morgan fingerprint density at radius 1 is 1.29 bits per heavy atom. The smallest absolute Gasteiger partial charge is 0.456 e. The summed E-state index contributed by atoms with van der Waals surface area (Å²) in [4.78, 5) is 11.5. The highest BCUT2D eigenvalue weighted by atomic mass is 19.4. The van der Waals surface area contributed by atoms with Crippen LogP contribution in [0.2, 0.25) is 0 Å². The zero-order chi connectivity index (χ0) is 16.3. The Hall–Kier alpha value is -2.06. The van der Waals surface area contributed by atoms with E-state index in [-0.39, 0.29) is 17.0 Å². The molecule has 1 rings (SSSR count). The second-order valence-electron chi connectivity index (χ2n) is 4.10. The van der Waals surface area contributed by atoms with Gasteiger partial charge in [0.25, 0.3) is 5.91 Å². The van der Waals surface area contributed by atoms with Crippen LogP contribution in [0, 0.1) is 0 Å². The van der Waals surface area contributed by atoms with Crippen molar-refractivity contribution in [2.45, 2.75) is 19.0 Å². The summed E-state index contributed by atoms with van der Waals surface area (Å²) in [6.07, 6.45) is -5.71. The molecule has 3 N–H and O–H groups in total. The molecule has 0 saturated carbocycles. The molecule has 0 spiro atoms. The van der Waals surface area contributed by atoms with Crippen LogP contribution in [0.4, 0.5) is 27.6 Å². The summed E-state index contributed by atoms with van der Waals surface area (Å²) in [7, 11) is 0. The number of carbonyl (C=O) groups is 1. The number of ether oxygens (including phenoxy) is 1. The van der Waals surface area contributed by atoms with Crippen molar-refractivity contribution in [2.75, 3.05) is 18.9 Å². The standard InChI is InChI=1S/C12H13F5N2O2/c1-2-19-10(20)7-3-4-9(8(18)5-7)21-6-11(13,14)12(15,16)17/h3-5H,2,6,18H2,1H3,(H,19,20). The molecule has 0 fully saturated rings. The molecular formula is C12H13F5N2O2. The average molecular weight is 312 g/mol. The number of amides is 1. The maximum absolute atomic E-state index is 12.7. The minimum Gasteiger partial charge on any atom is -0.485 e. The number of benzene rings is 1. The second-order valence-corrected chi connectivity index (χ2v) is 4.10. The van der Waals surface area contributed by atoms with Crippen LogP contribution in [-0.4, -0.2) is 31.2 Å². The average Bonchev–Trinajstić information content (AvgIpc) is 2.36. The SMILES string of the molecule is CCNC(=O)c1ccc(OCC(F)(F)C(F)(F)F)c(N)c1. The van der Waals surface area contributed by atoms with E-state index in [4.69, 9.17) is 5.73 Å². The Kier molecular flexibility index (Phi) is 4.97. The third kappa shape index (κ3) is 4.20. The number of alkyl halides is 5. The van der Waals surface area contributed by atoms with Crippen molar-refractivity contribution in [1.82, 2.24) is 5.32 Å². The van der Waals surface area contributed by atoms with Crippen molar-refractivity contribution in [2.24, 2.45) is 0 Å². The van der Waals surface area contributed by atoms with Crippen LogP contribution in [0.25, 0.3) is 0 Å². The summed E-state index contributed by atoms with van der Waals surface area (Å²) >= 11 is 0. The molecule has 0 saturated heterocycles. The lowest BCUT2D eigenvalue weighted by molar-refractivity contribution is -0.289. The van der Waals surface area contributed by atoms with Crippen molar-refractivity contribution in [3.8, 4) is 5.75 Å². The van der Waals surface area contributed by atoms with Crippen molar-refractivity contribution in [3.05, 3.63) is 23.8 Å². The molecule has 1 aromatic carbocycles. The minimum atomic E-state index is -5.71. The summed E-state index contributed by atoms with van der Waals surface area (Å²) in [5, 5.41) is 2.48. The second kappa shape index (κ2) is 6.15. The van der Waals surface area contributed by atoms with Gasteiger partial charge in [-0.05, 0) is 25.1 Å². The Balaban J connectivity index is 2.81. The molecule has 1 amide bonds. The van der Waals surface area contributed by atoms with Gasteiger partial charge in [0.2, 0.25) is 0 Å². The van der Waals surface area contributed by atoms with Crippen LogP contribution in [0.5, 0.6) is 5.75 Å². The van der Waals surface area contributed by atoms with Gasteiger partial charge in [0.1, 0.15) is 5.75 Å². The summed E-state index contributed by atoms with van der Waals surface area (Å²) in [6, 6.07) is 3.40. The molecule has 4 nitrogen and oxygen atoms in total. The number of nitrogens with one attached hydrogen (secondary N) is 1. The number of halogens is 5. The molecule has 0 radical (unpaired) electrons. The Labute approximate surface area is 117 Å². The van der Waals surface area contributed by atoms with E-state index in [1.165, 1.54) is 6.07 Å². The van der Waals surface area contributed by atoms with Gasteiger partial charge in [-0.1, -0.05) is 0 Å². The van der Waals surface area contributed by atoms with E-state index in [2.05, 4.69) is 10.1 Å². The lowest BCUT2D eigenvalue weighted by atomic mass is 10.1. The van der Waals surface area contributed by atoms with Gasteiger partial charge in [0, 0.05) is 12.1 Å². The van der Waals surface area contributed by atoms with E-state index >= 15 is 0 Å². The molecule has 9 heteroatoms. The molecule has 0 unspecified atom stereocenters. The van der Waals surface area contributed by atoms with E-state index in [0.29, 0.717) is 6.54 Å². The van der Waals surface area contributed by atoms with Crippen LogP contribution in [0.15, 0.2) is 18.2 Å². The number of anilines is 1. The quantitative estimate of drug-likeness (QED) is 0.649. The van der Waals surface area contributed by atoms with Crippen LogP contribution < -0.4 is 15.8 Å². The monoisotopic (exact) mass is 312 g/mol. The van der Waals surface area contributed by atoms with Crippen LogP contribution in [0.1, 0.15) is 17.3 Å². The summed E-state index contributed by atoms with van der Waals surface area (Å²) < 4.78 is 65.7. The Morgan fingerprint density at radius 3 is 2.38 bits per heavy atom. The number of rotatable bonds is 5. The molecule has 1 aromatic rings. The highest BCUT2D eigenvalue weighted by molar-refractivity contribution is 5.95. The molecule has 21 heavy (non-hydrogen) atoms. The molecule has 0 aliphatic carbocycles. The van der Waals surface area contributed by atoms with Crippen LogP contribution in [0.3, 0.4) is 0 Å². The van der Waals surface area contributed by atoms with Gasteiger partial charge >= 0.3 is 12.1 Å². The van der Waals surface area contributed by atoms with Crippen molar-refractivity contribution in [3.63, 3.8) is 0 Å². The van der Waals surface area contributed by atoms with Crippen molar-refractivity contribution in [1.29, 1.82) is 0 Å². The van der Waals surface area contributed by atoms with Gasteiger partial charge in [-0.3, -0.25) is 4.79 Å². The molecule has 0 aromatic heterocycles. The zero-order valence-electron chi connectivity index (χ0n) is 10.9. The normalized spacial score (nSPS) is 12.1.